The van der Waals surface area contributed by atoms with Crippen LogP contribution in [0.25, 0.3) is 21.1 Å². The fourth-order valence-corrected chi connectivity index (χ4v) is 4.36. The first-order chi connectivity index (χ1) is 14.4. The summed E-state index contributed by atoms with van der Waals surface area (Å²) in [5, 5.41) is 3.98. The quantitative estimate of drug-likeness (QED) is 0.493. The maximum absolute atomic E-state index is 12.5. The highest BCUT2D eigenvalue weighted by Gasteiger charge is 2.12. The van der Waals surface area contributed by atoms with E-state index in [0.717, 1.165) is 15.3 Å². The molecule has 0 unspecified atom stereocenters. The summed E-state index contributed by atoms with van der Waals surface area (Å²) in [6.45, 7) is 4.48. The fraction of sp³-hybridized carbons (Fsp3) is 0.286. The van der Waals surface area contributed by atoms with Crippen LogP contribution >= 0.6 is 11.3 Å². The van der Waals surface area contributed by atoms with E-state index in [-0.39, 0.29) is 30.0 Å². The van der Waals surface area contributed by atoms with E-state index in [2.05, 4.69) is 20.3 Å². The lowest BCUT2D eigenvalue weighted by molar-refractivity contribution is -0.121. The van der Waals surface area contributed by atoms with Gasteiger partial charge >= 0.3 is 0 Å². The summed E-state index contributed by atoms with van der Waals surface area (Å²) in [7, 11) is 0. The monoisotopic (exact) mass is 423 g/mol. The number of aromatic amines is 1. The van der Waals surface area contributed by atoms with Crippen LogP contribution in [0, 0.1) is 13.8 Å². The number of thiophene rings is 1. The highest BCUT2D eigenvalue weighted by atomic mass is 32.1. The van der Waals surface area contributed by atoms with Crippen LogP contribution in [0.3, 0.4) is 0 Å². The third-order valence-electron chi connectivity index (χ3n) is 5.08. The third kappa shape index (κ3) is 3.88. The summed E-state index contributed by atoms with van der Waals surface area (Å²) in [4.78, 5) is 50.3. The second kappa shape index (κ2) is 8.19. The van der Waals surface area contributed by atoms with Gasteiger partial charge in [0.15, 0.2) is 0 Å². The summed E-state index contributed by atoms with van der Waals surface area (Å²) in [6, 6.07) is 7.12. The molecule has 0 atom stereocenters. The van der Waals surface area contributed by atoms with Gasteiger partial charge in [-0.25, -0.2) is 9.97 Å². The number of aromatic nitrogens is 4. The summed E-state index contributed by atoms with van der Waals surface area (Å²) in [5.41, 5.74) is 1.29. The molecule has 0 radical (unpaired) electrons. The zero-order valence-electron chi connectivity index (χ0n) is 16.7. The standard InChI is InChI=1S/C21H21N5O3S/c1-12-13(2)30-20-18(12)19(28)24-16(25-20)7-9-22-17(27)8-10-26-11-23-15-6-4-3-5-14(15)21(26)29/h3-6,11H,7-10H2,1-2H3,(H,22,27)(H,24,25,28). The maximum Gasteiger partial charge on any atom is 0.261 e. The van der Waals surface area contributed by atoms with Gasteiger partial charge in [-0.1, -0.05) is 12.1 Å². The Kier molecular flexibility index (Phi) is 5.45. The van der Waals surface area contributed by atoms with Crippen molar-refractivity contribution < 1.29 is 4.79 Å². The van der Waals surface area contributed by atoms with Crippen molar-refractivity contribution in [2.75, 3.05) is 6.54 Å². The van der Waals surface area contributed by atoms with Crippen molar-refractivity contribution in [1.82, 2.24) is 24.8 Å². The maximum atomic E-state index is 12.5. The van der Waals surface area contributed by atoms with E-state index in [1.165, 1.54) is 22.2 Å². The molecule has 4 rings (SSSR count). The SMILES string of the molecule is Cc1sc2nc(CCNC(=O)CCn3cnc4ccccc4c3=O)[nH]c(=O)c2c1C. The van der Waals surface area contributed by atoms with Gasteiger partial charge in [-0.05, 0) is 31.5 Å². The molecule has 0 spiro atoms. The molecule has 30 heavy (non-hydrogen) atoms. The van der Waals surface area contributed by atoms with Crippen LogP contribution in [0.4, 0.5) is 0 Å². The van der Waals surface area contributed by atoms with Gasteiger partial charge in [-0.3, -0.25) is 19.0 Å². The lowest BCUT2D eigenvalue weighted by Crippen LogP contribution is -2.29. The molecule has 0 saturated heterocycles. The smallest absolute Gasteiger partial charge is 0.261 e. The van der Waals surface area contributed by atoms with Crippen LogP contribution in [0.1, 0.15) is 22.7 Å². The van der Waals surface area contributed by atoms with Crippen molar-refractivity contribution in [1.29, 1.82) is 0 Å². The predicted octanol–water partition coefficient (Wildman–Crippen LogP) is 2.06. The molecule has 0 aliphatic rings. The summed E-state index contributed by atoms with van der Waals surface area (Å²) >= 11 is 1.50. The number of hydrogen-bond acceptors (Lipinski definition) is 6. The minimum atomic E-state index is -0.179. The van der Waals surface area contributed by atoms with E-state index in [0.29, 0.717) is 35.1 Å². The molecule has 2 N–H and O–H groups in total. The number of hydrogen-bond donors (Lipinski definition) is 2. The Balaban J connectivity index is 1.35. The Labute approximate surface area is 175 Å². The van der Waals surface area contributed by atoms with Crippen molar-refractivity contribution in [2.24, 2.45) is 0 Å². The first-order valence-corrected chi connectivity index (χ1v) is 10.5. The zero-order chi connectivity index (χ0) is 21.3. The Bertz CT molecular complexity index is 1370. The van der Waals surface area contributed by atoms with E-state index >= 15 is 0 Å². The first-order valence-electron chi connectivity index (χ1n) is 9.64. The number of carbonyl (C=O) groups is 1. The summed E-state index contributed by atoms with van der Waals surface area (Å²) in [5.74, 6) is 0.366. The van der Waals surface area contributed by atoms with Crippen LogP contribution in [0.5, 0.6) is 0 Å². The molecule has 154 valence electrons. The number of benzene rings is 1. The lowest BCUT2D eigenvalue weighted by atomic mass is 10.2. The van der Waals surface area contributed by atoms with Crippen molar-refractivity contribution in [3.63, 3.8) is 0 Å². The average molecular weight is 423 g/mol. The summed E-state index contributed by atoms with van der Waals surface area (Å²) < 4.78 is 1.44. The number of aryl methyl sites for hydroxylation is 3. The minimum absolute atomic E-state index is 0.147. The Morgan fingerprint density at radius 3 is 2.87 bits per heavy atom. The first kappa shape index (κ1) is 20.0. The van der Waals surface area contributed by atoms with Gasteiger partial charge in [0.2, 0.25) is 5.91 Å². The van der Waals surface area contributed by atoms with E-state index < -0.39 is 0 Å². The van der Waals surface area contributed by atoms with E-state index in [1.807, 2.05) is 19.9 Å². The molecule has 1 amide bonds. The van der Waals surface area contributed by atoms with Crippen LogP contribution in [-0.4, -0.2) is 32.0 Å². The van der Waals surface area contributed by atoms with E-state index in [4.69, 9.17) is 0 Å². The molecule has 0 aliphatic carbocycles. The zero-order valence-corrected chi connectivity index (χ0v) is 17.5. The molecule has 0 saturated carbocycles. The number of rotatable bonds is 6. The number of amides is 1. The average Bonchev–Trinajstić information content (AvgIpc) is 3.01. The Hall–Kier alpha value is -3.33. The number of H-pyrrole nitrogens is 1. The van der Waals surface area contributed by atoms with Crippen molar-refractivity contribution >= 4 is 38.4 Å². The minimum Gasteiger partial charge on any atom is -0.356 e. The Morgan fingerprint density at radius 2 is 2.03 bits per heavy atom. The number of carbonyl (C=O) groups excluding carboxylic acids is 1. The number of fused-ring (bicyclic) bond motifs is 2. The molecular weight excluding hydrogens is 402 g/mol. The highest BCUT2D eigenvalue weighted by molar-refractivity contribution is 7.18. The molecule has 8 nitrogen and oxygen atoms in total. The van der Waals surface area contributed by atoms with Crippen LogP contribution in [-0.2, 0) is 17.8 Å². The van der Waals surface area contributed by atoms with E-state index in [1.54, 1.807) is 18.2 Å². The van der Waals surface area contributed by atoms with Gasteiger partial charge in [0.25, 0.3) is 11.1 Å². The Morgan fingerprint density at radius 1 is 1.23 bits per heavy atom. The molecule has 0 bridgehead atoms. The third-order valence-corrected chi connectivity index (χ3v) is 6.18. The van der Waals surface area contributed by atoms with Gasteiger partial charge in [0.1, 0.15) is 10.7 Å². The van der Waals surface area contributed by atoms with Crippen molar-refractivity contribution in [3.05, 3.63) is 67.6 Å². The molecule has 4 aromatic rings. The number of para-hydroxylation sites is 1. The number of nitrogens with one attached hydrogen (secondary N) is 2. The van der Waals surface area contributed by atoms with Gasteiger partial charge in [0.05, 0.1) is 22.6 Å². The van der Waals surface area contributed by atoms with Gasteiger partial charge < -0.3 is 10.3 Å². The molecule has 1 aromatic carbocycles. The molecule has 0 fully saturated rings. The van der Waals surface area contributed by atoms with Gasteiger partial charge in [0, 0.05) is 30.8 Å². The topological polar surface area (TPSA) is 110 Å². The second-order valence-corrected chi connectivity index (χ2v) is 8.29. The second-order valence-electron chi connectivity index (χ2n) is 7.09. The lowest BCUT2D eigenvalue weighted by Gasteiger charge is -2.08. The van der Waals surface area contributed by atoms with Crippen LogP contribution < -0.4 is 16.4 Å². The molecule has 3 heterocycles. The molecule has 0 aliphatic heterocycles. The van der Waals surface area contributed by atoms with Crippen molar-refractivity contribution in [2.45, 2.75) is 33.2 Å². The summed E-state index contributed by atoms with van der Waals surface area (Å²) in [6.07, 6.45) is 2.05. The molecule has 3 aromatic heterocycles. The molecular formula is C21H21N5O3S. The predicted molar refractivity (Wildman–Crippen MR) is 117 cm³/mol. The normalized spacial score (nSPS) is 11.3. The van der Waals surface area contributed by atoms with Crippen LogP contribution in [0.2, 0.25) is 0 Å². The highest BCUT2D eigenvalue weighted by Crippen LogP contribution is 2.25. The van der Waals surface area contributed by atoms with Gasteiger partial charge in [-0.15, -0.1) is 11.3 Å². The van der Waals surface area contributed by atoms with Gasteiger partial charge in [-0.2, -0.15) is 0 Å². The van der Waals surface area contributed by atoms with Crippen molar-refractivity contribution in [3.8, 4) is 0 Å². The number of nitrogens with zero attached hydrogens (tertiary/aromatic N) is 3. The van der Waals surface area contributed by atoms with Crippen LogP contribution in [0.15, 0.2) is 40.2 Å². The molecule has 9 heteroatoms. The largest absolute Gasteiger partial charge is 0.356 e. The fourth-order valence-electron chi connectivity index (χ4n) is 3.31. The van der Waals surface area contributed by atoms with E-state index in [9.17, 15) is 14.4 Å².